The third kappa shape index (κ3) is 11.8. The number of anilines is 6. The Morgan fingerprint density at radius 3 is 0.863 bits per heavy atom. The molecule has 0 amide bonds. The highest BCUT2D eigenvalue weighted by Crippen LogP contribution is 2.57. The number of fused-ring (bicyclic) bond motifs is 19. The molecule has 0 N–H and O–H groups in total. The van der Waals surface area contributed by atoms with Gasteiger partial charge in [-0.25, -0.2) is 0 Å². The Morgan fingerprint density at radius 1 is 0.221 bits per heavy atom. The number of aromatic nitrogens is 4. The maximum atomic E-state index is 12.3. The summed E-state index contributed by atoms with van der Waals surface area (Å²) < 4.78 is 80.4. The lowest BCUT2D eigenvalue weighted by atomic mass is 9.33. The van der Waals surface area contributed by atoms with Crippen molar-refractivity contribution in [1.82, 2.24) is 18.3 Å². The standard InChI is InChI=1S/C124H89BN6/c1-123(2,3)84-70-100(78-35-11-7-12-36-78)121(101(71-84)79-37-13-8-14-38-79)130-116-76-88(128-112-57-33-27-51-97(112)104-74-86(61-65-114(104)128)126-108-53-29-23-47-93(108)94-48-24-30-54-109(94)126)59-63-106(116)125-107-64-60-89(129-113-58-34-28-52-98(113)105-75-87(62-66-115(105)129)127-110-55-31-25-49-95(110)96-50-26-32-56-111(96)127)77-117(107)131(122-102(80-39-15-9-16-40-80)72-85(124(4,5)6)73-103(122)81-41-17-10-18-42-81)119-69-83(68-118(130)120(119)125)99-67-82-43-19-20-44-90(82)91-45-21-22-46-92(91)99/h7-77H,1-6H3/i59D,60D,63D,64D,76D,77D. The maximum Gasteiger partial charge on any atom is 0.252 e. The van der Waals surface area contributed by atoms with Gasteiger partial charge in [-0.15, -0.1) is 0 Å². The van der Waals surface area contributed by atoms with Gasteiger partial charge < -0.3 is 28.1 Å². The molecule has 618 valence electrons. The van der Waals surface area contributed by atoms with Crippen LogP contribution in [0.15, 0.2) is 431 Å². The molecule has 24 aromatic rings. The van der Waals surface area contributed by atoms with E-state index >= 15 is 0 Å². The van der Waals surface area contributed by atoms with E-state index in [1.54, 1.807) is 0 Å². The van der Waals surface area contributed by atoms with Crippen molar-refractivity contribution >= 4 is 166 Å². The van der Waals surface area contributed by atoms with Gasteiger partial charge in [0, 0.05) is 111 Å². The Bertz CT molecular complexity index is 8580. The molecule has 0 spiro atoms. The zero-order chi connectivity index (χ0) is 92.4. The monoisotopic (exact) mass is 1680 g/mol. The van der Waals surface area contributed by atoms with Gasteiger partial charge in [-0.3, -0.25) is 0 Å². The highest BCUT2D eigenvalue weighted by molar-refractivity contribution is 7.00. The molecule has 6 nitrogen and oxygen atoms in total. The van der Waals surface area contributed by atoms with Crippen LogP contribution in [0.2, 0.25) is 0 Å². The molecule has 2 aliphatic heterocycles. The van der Waals surface area contributed by atoms with Gasteiger partial charge in [-0.2, -0.15) is 0 Å². The smallest absolute Gasteiger partial charge is 0.252 e. The fourth-order valence-electron chi connectivity index (χ4n) is 21.7. The summed E-state index contributed by atoms with van der Waals surface area (Å²) in [4.78, 5) is 4.61. The fraction of sp³-hybridized carbons (Fsp3) is 0.0645. The summed E-state index contributed by atoms with van der Waals surface area (Å²) in [5.74, 6) is 0. The van der Waals surface area contributed by atoms with E-state index in [1.165, 1.54) is 0 Å². The molecule has 2 aliphatic rings. The lowest BCUT2D eigenvalue weighted by Gasteiger charge is -2.46. The van der Waals surface area contributed by atoms with E-state index in [9.17, 15) is 8.22 Å². The molecule has 7 heteroatoms. The van der Waals surface area contributed by atoms with Crippen LogP contribution in [0.3, 0.4) is 0 Å². The van der Waals surface area contributed by atoms with Crippen LogP contribution in [0.5, 0.6) is 0 Å². The average Bonchev–Trinajstić information content (AvgIpc) is 0.847. The molecule has 0 atom stereocenters. The molecular weight excluding hydrogens is 1580 g/mol. The second-order valence-electron chi connectivity index (χ2n) is 37.3. The van der Waals surface area contributed by atoms with Crippen molar-refractivity contribution in [3.63, 3.8) is 0 Å². The van der Waals surface area contributed by atoms with E-state index in [4.69, 9.17) is 0 Å². The van der Waals surface area contributed by atoms with E-state index in [1.807, 2.05) is 12.1 Å². The van der Waals surface area contributed by atoms with Crippen LogP contribution in [0.1, 0.15) is 60.9 Å². The highest BCUT2D eigenvalue weighted by atomic mass is 15.2. The van der Waals surface area contributed by atoms with Crippen molar-refractivity contribution < 1.29 is 8.22 Å². The first-order chi connectivity index (χ1) is 66.8. The maximum absolute atomic E-state index is 12.3. The van der Waals surface area contributed by atoms with Gasteiger partial charge in [0.2, 0.25) is 0 Å². The van der Waals surface area contributed by atoms with E-state index in [2.05, 4.69) is 452 Å². The zero-order valence-electron chi connectivity index (χ0n) is 79.3. The number of benzene rings is 20. The minimum Gasteiger partial charge on any atom is -0.310 e. The van der Waals surface area contributed by atoms with Gasteiger partial charge in [-0.1, -0.05) is 333 Å². The van der Waals surface area contributed by atoms with Crippen LogP contribution in [-0.2, 0) is 10.8 Å². The molecule has 0 saturated heterocycles. The third-order valence-electron chi connectivity index (χ3n) is 27.8. The van der Waals surface area contributed by atoms with Crippen molar-refractivity contribution in [2.24, 2.45) is 0 Å². The number of nitrogens with zero attached hydrogens (tertiary/aromatic N) is 6. The van der Waals surface area contributed by atoms with Crippen LogP contribution in [0.25, 0.3) is 187 Å². The lowest BCUT2D eigenvalue weighted by Crippen LogP contribution is -2.61. The first-order valence-corrected chi connectivity index (χ1v) is 45.4. The molecule has 0 bridgehead atoms. The molecule has 0 fully saturated rings. The molecule has 20 aromatic carbocycles. The Kier molecular flexibility index (Phi) is 15.6. The largest absolute Gasteiger partial charge is 0.310 e. The Balaban J connectivity index is 0.862. The van der Waals surface area contributed by atoms with Crippen LogP contribution >= 0.6 is 0 Å². The number of hydrogen-bond acceptors (Lipinski definition) is 2. The van der Waals surface area contributed by atoms with Gasteiger partial charge >= 0.3 is 0 Å². The molecule has 0 radical (unpaired) electrons. The van der Waals surface area contributed by atoms with Crippen LogP contribution < -0.4 is 26.2 Å². The predicted octanol–water partition coefficient (Wildman–Crippen LogP) is 31.4. The molecule has 0 unspecified atom stereocenters. The Morgan fingerprint density at radius 2 is 0.511 bits per heavy atom. The van der Waals surface area contributed by atoms with Gasteiger partial charge in [0.05, 0.1) is 63.7 Å². The van der Waals surface area contributed by atoms with Crippen molar-refractivity contribution in [2.75, 3.05) is 9.80 Å². The number of rotatable bonds is 11. The Labute approximate surface area is 769 Å². The van der Waals surface area contributed by atoms with Crippen molar-refractivity contribution in [1.29, 1.82) is 0 Å². The molecule has 26 rings (SSSR count). The molecule has 0 aliphatic carbocycles. The second-order valence-corrected chi connectivity index (χ2v) is 37.3. The topological polar surface area (TPSA) is 26.2 Å². The minimum atomic E-state index is -1.24. The zero-order valence-corrected chi connectivity index (χ0v) is 73.3. The summed E-state index contributed by atoms with van der Waals surface area (Å²) in [5, 5.41) is 12.3. The van der Waals surface area contributed by atoms with Crippen molar-refractivity contribution in [3.8, 4) is 78.4 Å². The quantitative estimate of drug-likeness (QED) is 0.0953. The number of hydrogen-bond donors (Lipinski definition) is 0. The summed E-state index contributed by atoms with van der Waals surface area (Å²) in [5.41, 5.74) is 24.2. The third-order valence-corrected chi connectivity index (χ3v) is 27.8. The first kappa shape index (κ1) is 69.9. The average molecular weight is 1680 g/mol. The van der Waals surface area contributed by atoms with Gasteiger partial charge in [-0.05, 0) is 233 Å². The number of para-hydroxylation sites is 6. The molecule has 4 aromatic heterocycles. The summed E-state index contributed by atoms with van der Waals surface area (Å²) in [7, 11) is 0. The second kappa shape index (κ2) is 29.2. The predicted molar refractivity (Wildman–Crippen MR) is 557 cm³/mol. The van der Waals surface area contributed by atoms with Gasteiger partial charge in [0.15, 0.2) is 0 Å². The van der Waals surface area contributed by atoms with E-state index < -0.39 is 17.5 Å². The van der Waals surface area contributed by atoms with E-state index in [-0.39, 0.29) is 47.6 Å². The van der Waals surface area contributed by atoms with Crippen LogP contribution in [0, 0.1) is 0 Å². The highest BCUT2D eigenvalue weighted by Gasteiger charge is 2.47. The molecular formula is C124H89BN6. The van der Waals surface area contributed by atoms with Crippen molar-refractivity contribution in [2.45, 2.75) is 52.4 Å². The Hall–Kier alpha value is -16.2. The van der Waals surface area contributed by atoms with Gasteiger partial charge in [0.1, 0.15) is 0 Å². The minimum absolute atomic E-state index is 0.0350. The summed E-state index contributed by atoms with van der Waals surface area (Å²) in [6.45, 7) is 12.3. The molecule has 6 heterocycles. The lowest BCUT2D eigenvalue weighted by molar-refractivity contribution is 0.590. The fourth-order valence-corrected chi connectivity index (χ4v) is 21.7. The normalized spacial score (nSPS) is 13.4. The van der Waals surface area contributed by atoms with Gasteiger partial charge in [0.25, 0.3) is 6.71 Å². The molecule has 0 saturated carbocycles. The van der Waals surface area contributed by atoms with E-state index in [0.717, 1.165) is 198 Å². The van der Waals surface area contributed by atoms with E-state index in [0.29, 0.717) is 39.1 Å². The summed E-state index contributed by atoms with van der Waals surface area (Å²) in [6, 6.07) is 139. The van der Waals surface area contributed by atoms with Crippen LogP contribution in [-0.4, -0.2) is 25.0 Å². The summed E-state index contributed by atoms with van der Waals surface area (Å²) >= 11 is 0. The van der Waals surface area contributed by atoms with Crippen molar-refractivity contribution in [3.05, 3.63) is 442 Å². The molecule has 131 heavy (non-hydrogen) atoms. The van der Waals surface area contributed by atoms with Crippen LogP contribution in [0.4, 0.5) is 34.1 Å². The first-order valence-electron chi connectivity index (χ1n) is 48.4. The SMILES string of the molecule is [2H]c1c([2H])c(-n2c3ccccc3c3cc(-n4c5ccccc5c5ccccc54)ccc32)c([2H])c2c1B1c3c(cc(-c4cc5ccccc5c5ccccc45)cc3N(c3c(-c4ccccc4)cc(C(C)(C)C)cc3-c3ccccc3)c3c([2H])c(-n4c5ccccc5c5cc(-n6c7ccccc7c7ccccc76)ccc54)c([2H])c([2H])c31)N2c1c(-c2ccccc2)cc(C(C)(C)C)cc1-c1ccccc1. The summed E-state index contributed by atoms with van der Waals surface area (Å²) in [6.07, 6.45) is 0.